The Morgan fingerprint density at radius 1 is 1.06 bits per heavy atom. The number of para-hydroxylation sites is 2. The first-order valence-corrected chi connectivity index (χ1v) is 11.0. The molecular formula is C26H28N4O2. The molecule has 2 aromatic heterocycles. The summed E-state index contributed by atoms with van der Waals surface area (Å²) in [5, 5.41) is 0. The Balaban J connectivity index is 1.44. The summed E-state index contributed by atoms with van der Waals surface area (Å²) < 4.78 is 8.11. The molecule has 6 nitrogen and oxygen atoms in total. The fourth-order valence-electron chi connectivity index (χ4n) is 3.72. The van der Waals surface area contributed by atoms with Crippen LogP contribution in [0.15, 0.2) is 73.1 Å². The van der Waals surface area contributed by atoms with Gasteiger partial charge in [0.15, 0.2) is 0 Å². The highest BCUT2D eigenvalue weighted by Crippen LogP contribution is 2.19. The summed E-state index contributed by atoms with van der Waals surface area (Å²) in [6.07, 6.45) is 5.11. The van der Waals surface area contributed by atoms with E-state index in [2.05, 4.69) is 34.7 Å². The summed E-state index contributed by atoms with van der Waals surface area (Å²) in [6, 6.07) is 19.9. The Morgan fingerprint density at radius 3 is 2.62 bits per heavy atom. The standard InChI is InChI=1S/C26H28N4O2/c1-3-20-11-13-22(14-12-20)32-17-7-16-30-24-10-5-4-9-23(24)28-25(30)19-29(2)26(31)21-8-6-15-27-18-21/h4-6,8-15,18H,3,7,16-17,19H2,1-2H3. The Morgan fingerprint density at radius 2 is 1.88 bits per heavy atom. The number of imidazole rings is 1. The second-order valence-corrected chi connectivity index (χ2v) is 7.77. The van der Waals surface area contributed by atoms with E-state index < -0.39 is 0 Å². The lowest BCUT2D eigenvalue weighted by Gasteiger charge is -2.18. The van der Waals surface area contributed by atoms with Crippen molar-refractivity contribution in [2.75, 3.05) is 13.7 Å². The molecule has 0 aliphatic heterocycles. The monoisotopic (exact) mass is 428 g/mol. The van der Waals surface area contributed by atoms with E-state index in [0.29, 0.717) is 18.7 Å². The van der Waals surface area contributed by atoms with Crippen LogP contribution in [0.5, 0.6) is 5.75 Å². The molecule has 32 heavy (non-hydrogen) atoms. The van der Waals surface area contributed by atoms with E-state index >= 15 is 0 Å². The zero-order chi connectivity index (χ0) is 22.3. The molecule has 0 aliphatic rings. The molecule has 0 saturated carbocycles. The Labute approximate surface area is 188 Å². The predicted octanol–water partition coefficient (Wildman–Crippen LogP) is 4.74. The molecule has 0 radical (unpaired) electrons. The lowest BCUT2D eigenvalue weighted by Crippen LogP contribution is -2.28. The number of hydrogen-bond donors (Lipinski definition) is 0. The number of pyridine rings is 1. The highest BCUT2D eigenvalue weighted by Gasteiger charge is 2.17. The molecule has 0 saturated heterocycles. The van der Waals surface area contributed by atoms with Gasteiger partial charge in [0.2, 0.25) is 0 Å². The number of rotatable bonds is 9. The molecule has 2 heterocycles. The number of aryl methyl sites for hydroxylation is 2. The van der Waals surface area contributed by atoms with Crippen LogP contribution in [0, 0.1) is 0 Å². The lowest BCUT2D eigenvalue weighted by molar-refractivity contribution is 0.0779. The Hall–Kier alpha value is -3.67. The number of amides is 1. The van der Waals surface area contributed by atoms with Gasteiger partial charge in [0.1, 0.15) is 11.6 Å². The first-order valence-electron chi connectivity index (χ1n) is 11.0. The van der Waals surface area contributed by atoms with Gasteiger partial charge in [-0.25, -0.2) is 4.98 Å². The van der Waals surface area contributed by atoms with Crippen LogP contribution in [0.25, 0.3) is 11.0 Å². The van der Waals surface area contributed by atoms with Crippen LogP contribution >= 0.6 is 0 Å². The van der Waals surface area contributed by atoms with E-state index in [1.165, 1.54) is 5.56 Å². The molecular weight excluding hydrogens is 400 g/mol. The van der Waals surface area contributed by atoms with E-state index in [-0.39, 0.29) is 5.91 Å². The van der Waals surface area contributed by atoms with Gasteiger partial charge in [0, 0.05) is 26.0 Å². The van der Waals surface area contributed by atoms with Gasteiger partial charge in [0.05, 0.1) is 29.7 Å². The van der Waals surface area contributed by atoms with Crippen molar-refractivity contribution in [2.24, 2.45) is 0 Å². The fraction of sp³-hybridized carbons (Fsp3) is 0.269. The van der Waals surface area contributed by atoms with Gasteiger partial charge in [-0.2, -0.15) is 0 Å². The molecule has 164 valence electrons. The SMILES string of the molecule is CCc1ccc(OCCCn2c(CN(C)C(=O)c3cccnc3)nc3ccccc32)cc1. The number of benzene rings is 2. The molecule has 0 fully saturated rings. The molecule has 0 aliphatic carbocycles. The second kappa shape index (κ2) is 10.1. The predicted molar refractivity (Wildman–Crippen MR) is 126 cm³/mol. The van der Waals surface area contributed by atoms with Crippen LogP contribution in [-0.2, 0) is 19.5 Å². The second-order valence-electron chi connectivity index (χ2n) is 7.77. The minimum atomic E-state index is -0.0736. The highest BCUT2D eigenvalue weighted by atomic mass is 16.5. The summed E-state index contributed by atoms with van der Waals surface area (Å²) >= 11 is 0. The van der Waals surface area contributed by atoms with Crippen molar-refractivity contribution < 1.29 is 9.53 Å². The van der Waals surface area contributed by atoms with Gasteiger partial charge in [-0.05, 0) is 54.8 Å². The molecule has 0 spiro atoms. The van der Waals surface area contributed by atoms with Gasteiger partial charge in [-0.3, -0.25) is 9.78 Å². The molecule has 2 aromatic carbocycles. The summed E-state index contributed by atoms with van der Waals surface area (Å²) in [7, 11) is 1.79. The van der Waals surface area contributed by atoms with Gasteiger partial charge in [-0.1, -0.05) is 31.2 Å². The van der Waals surface area contributed by atoms with Crippen molar-refractivity contribution in [2.45, 2.75) is 32.9 Å². The van der Waals surface area contributed by atoms with Gasteiger partial charge in [0.25, 0.3) is 5.91 Å². The summed E-state index contributed by atoms with van der Waals surface area (Å²) in [5.41, 5.74) is 3.87. The van der Waals surface area contributed by atoms with Crippen LogP contribution in [-0.4, -0.2) is 39.0 Å². The average molecular weight is 429 g/mol. The molecule has 1 amide bonds. The third-order valence-corrected chi connectivity index (χ3v) is 5.49. The van der Waals surface area contributed by atoms with E-state index in [0.717, 1.165) is 42.0 Å². The number of hydrogen-bond acceptors (Lipinski definition) is 4. The third-order valence-electron chi connectivity index (χ3n) is 5.49. The van der Waals surface area contributed by atoms with Crippen molar-refractivity contribution in [1.29, 1.82) is 0 Å². The number of aromatic nitrogens is 3. The molecule has 0 bridgehead atoms. The number of nitrogens with zero attached hydrogens (tertiary/aromatic N) is 4. The molecule has 0 atom stereocenters. The van der Waals surface area contributed by atoms with Crippen molar-refractivity contribution in [1.82, 2.24) is 19.4 Å². The molecule has 4 aromatic rings. The number of fused-ring (bicyclic) bond motifs is 1. The first kappa shape index (κ1) is 21.6. The molecule has 0 N–H and O–H groups in total. The molecule has 0 unspecified atom stereocenters. The van der Waals surface area contributed by atoms with Crippen LogP contribution in [0.1, 0.15) is 35.1 Å². The molecule has 4 rings (SSSR count). The Kier molecular flexibility index (Phi) is 6.80. The number of ether oxygens (including phenoxy) is 1. The summed E-state index contributed by atoms with van der Waals surface area (Å²) in [4.78, 5) is 23.3. The largest absolute Gasteiger partial charge is 0.494 e. The minimum absolute atomic E-state index is 0.0736. The van der Waals surface area contributed by atoms with Crippen LogP contribution in [0.2, 0.25) is 0 Å². The van der Waals surface area contributed by atoms with E-state index in [1.54, 1.807) is 36.5 Å². The van der Waals surface area contributed by atoms with E-state index in [9.17, 15) is 4.79 Å². The van der Waals surface area contributed by atoms with Crippen molar-refractivity contribution >= 4 is 16.9 Å². The Bertz CT molecular complexity index is 1170. The van der Waals surface area contributed by atoms with Crippen molar-refractivity contribution in [3.63, 3.8) is 0 Å². The topological polar surface area (TPSA) is 60.2 Å². The lowest BCUT2D eigenvalue weighted by atomic mass is 10.2. The highest BCUT2D eigenvalue weighted by molar-refractivity contribution is 5.93. The zero-order valence-electron chi connectivity index (χ0n) is 18.6. The quantitative estimate of drug-likeness (QED) is 0.362. The summed E-state index contributed by atoms with van der Waals surface area (Å²) in [5.74, 6) is 1.67. The fourth-order valence-corrected chi connectivity index (χ4v) is 3.72. The minimum Gasteiger partial charge on any atom is -0.494 e. The van der Waals surface area contributed by atoms with Crippen LogP contribution in [0.3, 0.4) is 0 Å². The zero-order valence-corrected chi connectivity index (χ0v) is 18.6. The van der Waals surface area contributed by atoms with E-state index in [1.807, 2.05) is 30.3 Å². The number of carbonyl (C=O) groups is 1. The molecule has 6 heteroatoms. The maximum absolute atomic E-state index is 12.8. The first-order chi connectivity index (χ1) is 15.7. The smallest absolute Gasteiger partial charge is 0.255 e. The van der Waals surface area contributed by atoms with Gasteiger partial charge < -0.3 is 14.2 Å². The summed E-state index contributed by atoms with van der Waals surface area (Å²) in [6.45, 7) is 3.94. The van der Waals surface area contributed by atoms with Gasteiger partial charge in [-0.15, -0.1) is 0 Å². The van der Waals surface area contributed by atoms with Gasteiger partial charge >= 0.3 is 0 Å². The van der Waals surface area contributed by atoms with Crippen LogP contribution < -0.4 is 4.74 Å². The van der Waals surface area contributed by atoms with E-state index in [4.69, 9.17) is 9.72 Å². The average Bonchev–Trinajstić information content (AvgIpc) is 3.19. The normalized spacial score (nSPS) is 10.9. The third kappa shape index (κ3) is 4.97. The van der Waals surface area contributed by atoms with Crippen molar-refractivity contribution in [3.8, 4) is 5.75 Å². The maximum Gasteiger partial charge on any atom is 0.255 e. The van der Waals surface area contributed by atoms with Crippen LogP contribution in [0.4, 0.5) is 0 Å². The maximum atomic E-state index is 12.8. The number of carbonyl (C=O) groups excluding carboxylic acids is 1. The van der Waals surface area contributed by atoms with Crippen molar-refractivity contribution in [3.05, 3.63) is 90.0 Å².